The Morgan fingerprint density at radius 3 is 2.92 bits per heavy atom. The number of rotatable bonds is 3. The molecule has 0 saturated carbocycles. The minimum Gasteiger partial charge on any atom is -0.466 e. The van der Waals surface area contributed by atoms with Crippen LogP contribution in [0.2, 0.25) is 0 Å². The highest BCUT2D eigenvalue weighted by molar-refractivity contribution is 5.77. The second-order valence-corrected chi connectivity index (χ2v) is 2.79. The van der Waals surface area contributed by atoms with Crippen molar-refractivity contribution < 1.29 is 9.53 Å². The van der Waals surface area contributed by atoms with E-state index >= 15 is 0 Å². The Morgan fingerprint density at radius 2 is 2.38 bits per heavy atom. The maximum absolute atomic E-state index is 11.3. The van der Waals surface area contributed by atoms with E-state index < -0.39 is 0 Å². The van der Waals surface area contributed by atoms with Gasteiger partial charge in [-0.25, -0.2) is 0 Å². The van der Waals surface area contributed by atoms with Gasteiger partial charge in [-0.1, -0.05) is 24.3 Å². The van der Waals surface area contributed by atoms with E-state index in [0.29, 0.717) is 6.61 Å². The Labute approximate surface area is 78.5 Å². The molecule has 2 heteroatoms. The molecule has 0 aliphatic heterocycles. The van der Waals surface area contributed by atoms with E-state index in [1.807, 2.05) is 25.1 Å². The van der Waals surface area contributed by atoms with Gasteiger partial charge in [-0.05, 0) is 25.5 Å². The monoisotopic (exact) mass is 177 g/mol. The summed E-state index contributed by atoms with van der Waals surface area (Å²) in [7, 11) is 0. The molecule has 0 N–H and O–H groups in total. The normalized spacial score (nSPS) is 12.2. The number of hydrogen-bond acceptors (Lipinski definition) is 2. The van der Waals surface area contributed by atoms with Gasteiger partial charge in [0.1, 0.15) is 0 Å². The van der Waals surface area contributed by atoms with Crippen LogP contribution in [0, 0.1) is 6.07 Å². The van der Waals surface area contributed by atoms with E-state index in [1.165, 1.54) is 0 Å². The van der Waals surface area contributed by atoms with Crippen LogP contribution in [0.25, 0.3) is 0 Å². The number of carbonyl (C=O) groups is 1. The first-order valence-corrected chi connectivity index (χ1v) is 4.39. The highest BCUT2D eigenvalue weighted by Gasteiger charge is 2.15. The van der Waals surface area contributed by atoms with Crippen molar-refractivity contribution in [2.24, 2.45) is 0 Å². The van der Waals surface area contributed by atoms with Crippen LogP contribution in [0.5, 0.6) is 0 Å². The molecule has 69 valence electrons. The molecule has 2 nitrogen and oxygen atoms in total. The van der Waals surface area contributed by atoms with Crippen LogP contribution in [0.15, 0.2) is 24.3 Å². The lowest BCUT2D eigenvalue weighted by atomic mass is 10.0. The average molecular weight is 177 g/mol. The van der Waals surface area contributed by atoms with E-state index in [4.69, 9.17) is 4.74 Å². The van der Waals surface area contributed by atoms with Gasteiger partial charge < -0.3 is 4.74 Å². The van der Waals surface area contributed by atoms with Gasteiger partial charge in [0.25, 0.3) is 0 Å². The first-order chi connectivity index (χ1) is 6.25. The van der Waals surface area contributed by atoms with Gasteiger partial charge >= 0.3 is 5.97 Å². The van der Waals surface area contributed by atoms with E-state index in [1.54, 1.807) is 13.0 Å². The number of carbonyl (C=O) groups excluding carboxylic acids is 1. The molecule has 1 aromatic carbocycles. The molecule has 13 heavy (non-hydrogen) atoms. The summed E-state index contributed by atoms with van der Waals surface area (Å²) in [5.41, 5.74) is 0.876. The second-order valence-electron chi connectivity index (χ2n) is 2.79. The van der Waals surface area contributed by atoms with Crippen molar-refractivity contribution in [2.75, 3.05) is 6.61 Å². The van der Waals surface area contributed by atoms with Crippen LogP contribution in [-0.4, -0.2) is 12.6 Å². The zero-order valence-corrected chi connectivity index (χ0v) is 7.91. The molecule has 0 amide bonds. The molecule has 0 spiro atoms. The molecule has 1 rings (SSSR count). The van der Waals surface area contributed by atoms with E-state index in [-0.39, 0.29) is 11.9 Å². The Morgan fingerprint density at radius 1 is 1.62 bits per heavy atom. The number of benzene rings is 1. The molecular weight excluding hydrogens is 164 g/mol. The van der Waals surface area contributed by atoms with E-state index in [0.717, 1.165) is 5.56 Å². The Hall–Kier alpha value is -1.31. The van der Waals surface area contributed by atoms with Crippen LogP contribution in [0.1, 0.15) is 25.3 Å². The molecule has 1 atom stereocenters. The van der Waals surface area contributed by atoms with E-state index in [9.17, 15) is 4.79 Å². The first kappa shape index (κ1) is 9.78. The van der Waals surface area contributed by atoms with Crippen LogP contribution in [0.4, 0.5) is 0 Å². The lowest BCUT2D eigenvalue weighted by Crippen LogP contribution is -2.12. The fourth-order valence-corrected chi connectivity index (χ4v) is 1.07. The van der Waals surface area contributed by atoms with Crippen LogP contribution in [-0.2, 0) is 9.53 Å². The third kappa shape index (κ3) is 2.58. The molecule has 1 aromatic rings. The highest BCUT2D eigenvalue weighted by atomic mass is 16.5. The molecule has 0 aromatic heterocycles. The van der Waals surface area contributed by atoms with E-state index in [2.05, 4.69) is 6.07 Å². The summed E-state index contributed by atoms with van der Waals surface area (Å²) < 4.78 is 4.90. The van der Waals surface area contributed by atoms with Crippen molar-refractivity contribution in [2.45, 2.75) is 19.8 Å². The van der Waals surface area contributed by atoms with Crippen LogP contribution < -0.4 is 0 Å². The average Bonchev–Trinajstić information content (AvgIpc) is 2.18. The van der Waals surface area contributed by atoms with Crippen molar-refractivity contribution in [3.05, 3.63) is 35.9 Å². The molecule has 0 heterocycles. The molecule has 0 aliphatic carbocycles. The maximum atomic E-state index is 11.3. The predicted octanol–water partition coefficient (Wildman–Crippen LogP) is 2.15. The van der Waals surface area contributed by atoms with Crippen LogP contribution in [0.3, 0.4) is 0 Å². The third-order valence-corrected chi connectivity index (χ3v) is 1.84. The van der Waals surface area contributed by atoms with Gasteiger partial charge in [0.15, 0.2) is 0 Å². The van der Waals surface area contributed by atoms with Crippen LogP contribution >= 0.6 is 0 Å². The third-order valence-electron chi connectivity index (χ3n) is 1.84. The minimum atomic E-state index is -0.221. The van der Waals surface area contributed by atoms with Crippen molar-refractivity contribution in [3.8, 4) is 0 Å². The first-order valence-electron chi connectivity index (χ1n) is 4.39. The minimum absolute atomic E-state index is 0.190. The summed E-state index contributed by atoms with van der Waals surface area (Å²) in [6.45, 7) is 4.05. The lowest BCUT2D eigenvalue weighted by Gasteiger charge is -2.09. The number of esters is 1. The quantitative estimate of drug-likeness (QED) is 0.661. The lowest BCUT2D eigenvalue weighted by molar-refractivity contribution is -0.144. The number of ether oxygens (including phenoxy) is 1. The predicted molar refractivity (Wildman–Crippen MR) is 50.3 cm³/mol. The molecule has 0 bridgehead atoms. The SMILES string of the molecule is CCOC(=O)C(C)c1[c]cccc1. The van der Waals surface area contributed by atoms with Gasteiger partial charge in [0, 0.05) is 0 Å². The summed E-state index contributed by atoms with van der Waals surface area (Å²) in [6.07, 6.45) is 0. The maximum Gasteiger partial charge on any atom is 0.313 e. The summed E-state index contributed by atoms with van der Waals surface area (Å²) in [5, 5.41) is 0. The van der Waals surface area contributed by atoms with Gasteiger partial charge in [0.05, 0.1) is 12.5 Å². The summed E-state index contributed by atoms with van der Waals surface area (Å²) in [5.74, 6) is -0.411. The van der Waals surface area contributed by atoms with Crippen molar-refractivity contribution in [3.63, 3.8) is 0 Å². The van der Waals surface area contributed by atoms with Gasteiger partial charge in [0.2, 0.25) is 0 Å². The number of hydrogen-bond donors (Lipinski definition) is 0. The summed E-state index contributed by atoms with van der Waals surface area (Å²) in [6, 6.07) is 10.4. The fraction of sp³-hybridized carbons (Fsp3) is 0.364. The van der Waals surface area contributed by atoms with Crippen molar-refractivity contribution in [1.82, 2.24) is 0 Å². The molecule has 0 aliphatic rings. The molecule has 1 radical (unpaired) electrons. The molecule has 0 saturated heterocycles. The highest BCUT2D eigenvalue weighted by Crippen LogP contribution is 2.15. The Kier molecular flexibility index (Phi) is 3.50. The topological polar surface area (TPSA) is 26.3 Å². The second kappa shape index (κ2) is 4.65. The standard InChI is InChI=1S/C11H13O2/c1-3-13-11(12)9(2)10-7-5-4-6-8-10/h4-7,9H,3H2,1-2H3. The van der Waals surface area contributed by atoms with Gasteiger partial charge in [-0.3, -0.25) is 4.79 Å². The fourth-order valence-electron chi connectivity index (χ4n) is 1.07. The van der Waals surface area contributed by atoms with Crippen molar-refractivity contribution in [1.29, 1.82) is 0 Å². The molecular formula is C11H13O2. The van der Waals surface area contributed by atoms with Gasteiger partial charge in [-0.2, -0.15) is 0 Å². The largest absolute Gasteiger partial charge is 0.466 e. The molecule has 0 fully saturated rings. The zero-order chi connectivity index (χ0) is 9.68. The van der Waals surface area contributed by atoms with Crippen molar-refractivity contribution >= 4 is 5.97 Å². The summed E-state index contributed by atoms with van der Waals surface area (Å²) >= 11 is 0. The van der Waals surface area contributed by atoms with Gasteiger partial charge in [-0.15, -0.1) is 0 Å². The zero-order valence-electron chi connectivity index (χ0n) is 7.91. The Bertz CT molecular complexity index is 267. The molecule has 1 unspecified atom stereocenters. The summed E-state index contributed by atoms with van der Waals surface area (Å²) in [4.78, 5) is 11.3. The Balaban J connectivity index is 2.68. The smallest absolute Gasteiger partial charge is 0.313 e.